The van der Waals surface area contributed by atoms with Crippen LogP contribution in [0.5, 0.6) is 0 Å². The largest absolute Gasteiger partial charge is 0.392 e. The molecule has 0 spiro atoms. The number of aryl methyl sites for hydroxylation is 1. The van der Waals surface area contributed by atoms with Crippen LogP contribution in [0.15, 0.2) is 60.8 Å². The molecule has 1 saturated carbocycles. The van der Waals surface area contributed by atoms with E-state index in [9.17, 15) is 9.90 Å². The summed E-state index contributed by atoms with van der Waals surface area (Å²) in [5.41, 5.74) is 2.78. The summed E-state index contributed by atoms with van der Waals surface area (Å²) in [7, 11) is 0. The summed E-state index contributed by atoms with van der Waals surface area (Å²) < 4.78 is 0. The molecule has 3 nitrogen and oxygen atoms in total. The van der Waals surface area contributed by atoms with Gasteiger partial charge < -0.3 is 21.4 Å². The van der Waals surface area contributed by atoms with Crippen LogP contribution in [-0.2, 0) is 45.6 Å². The van der Waals surface area contributed by atoms with Gasteiger partial charge in [-0.15, -0.1) is 11.6 Å². The van der Waals surface area contributed by atoms with Crippen LogP contribution >= 0.6 is 22.9 Å². The molecule has 2 aromatic carbocycles. The third-order valence-corrected chi connectivity index (χ3v) is 7.27. The van der Waals surface area contributed by atoms with E-state index in [1.54, 1.807) is 17.5 Å². The first-order chi connectivity index (χ1) is 14.6. The van der Waals surface area contributed by atoms with Crippen molar-refractivity contribution in [3.8, 4) is 0 Å². The van der Waals surface area contributed by atoms with Gasteiger partial charge in [0.15, 0.2) is 5.78 Å². The summed E-state index contributed by atoms with van der Waals surface area (Å²) in [6.45, 7) is 0. The average Bonchev–Trinajstić information content (AvgIpc) is 3.37. The van der Waals surface area contributed by atoms with Crippen LogP contribution in [0.1, 0.15) is 51.7 Å². The van der Waals surface area contributed by atoms with Gasteiger partial charge in [-0.2, -0.15) is 5.38 Å². The van der Waals surface area contributed by atoms with Gasteiger partial charge in [0.25, 0.3) is 0 Å². The van der Waals surface area contributed by atoms with Crippen LogP contribution in [-0.4, -0.2) is 27.4 Å². The van der Waals surface area contributed by atoms with Crippen LogP contribution in [0.25, 0.3) is 0 Å². The van der Waals surface area contributed by atoms with Gasteiger partial charge >= 0.3 is 0 Å². The van der Waals surface area contributed by atoms with Crippen molar-refractivity contribution in [3.63, 3.8) is 0 Å². The smallest absolute Gasteiger partial charge is 0.167 e. The normalized spacial score (nSPS) is 22.8. The van der Waals surface area contributed by atoms with Gasteiger partial charge in [-0.1, -0.05) is 78.6 Å². The molecule has 1 fully saturated rings. The van der Waals surface area contributed by atoms with E-state index in [1.165, 1.54) is 0 Å². The van der Waals surface area contributed by atoms with Crippen molar-refractivity contribution < 1.29 is 42.6 Å². The second-order valence-corrected chi connectivity index (χ2v) is 9.45. The van der Waals surface area contributed by atoms with Crippen molar-refractivity contribution in [2.75, 3.05) is 0 Å². The standard InChI is InChI=1S/C25H25ClNO2S.Y/c26-21-16-23(29)25(20(21)7-4-8-24-27-13-14-30-24)19-11-9-18(10-12-19)22(28)15-17-5-2-1-3-6-17;/h1-3,5-6,9-13,20-21,23,25,29H,4,7-8,15-16H2;/q-1;/t20?,21-,23-,25?;/m1./s1. The third kappa shape index (κ3) is 6.33. The quantitative estimate of drug-likeness (QED) is 0.240. The molecular weight excluding hydrogens is 503 g/mol. The second kappa shape index (κ2) is 11.8. The maximum atomic E-state index is 12.6. The van der Waals surface area contributed by atoms with Crippen LogP contribution in [0.4, 0.5) is 0 Å². The number of aliphatic hydroxyl groups excluding tert-OH is 1. The van der Waals surface area contributed by atoms with E-state index in [4.69, 9.17) is 11.6 Å². The number of aliphatic hydroxyl groups is 1. The predicted molar refractivity (Wildman–Crippen MR) is 121 cm³/mol. The molecule has 6 heteroatoms. The molecular formula is C25H25ClNO2SY-. The molecule has 159 valence electrons. The van der Waals surface area contributed by atoms with Crippen molar-refractivity contribution in [2.24, 2.45) is 5.92 Å². The number of halogens is 1. The minimum absolute atomic E-state index is 0. The van der Waals surface area contributed by atoms with E-state index in [2.05, 4.69) is 10.4 Å². The van der Waals surface area contributed by atoms with E-state index in [0.717, 1.165) is 35.4 Å². The Bertz CT molecular complexity index is 949. The van der Waals surface area contributed by atoms with Crippen LogP contribution in [0.3, 0.4) is 0 Å². The van der Waals surface area contributed by atoms with Gasteiger partial charge in [-0.3, -0.25) is 4.79 Å². The molecule has 31 heavy (non-hydrogen) atoms. The van der Waals surface area contributed by atoms with Gasteiger partial charge in [0.1, 0.15) is 0 Å². The summed E-state index contributed by atoms with van der Waals surface area (Å²) in [5.74, 6) is 0.330. The van der Waals surface area contributed by atoms with Crippen molar-refractivity contribution in [2.45, 2.75) is 49.5 Å². The summed E-state index contributed by atoms with van der Waals surface area (Å²) in [4.78, 5) is 16.9. The Balaban J connectivity index is 0.00000272. The van der Waals surface area contributed by atoms with E-state index >= 15 is 0 Å². The maximum absolute atomic E-state index is 12.6. The van der Waals surface area contributed by atoms with E-state index in [-0.39, 0.29) is 55.7 Å². The Kier molecular flexibility index (Phi) is 9.42. The van der Waals surface area contributed by atoms with Crippen molar-refractivity contribution >= 4 is 28.7 Å². The van der Waals surface area contributed by atoms with Crippen molar-refractivity contribution in [3.05, 3.63) is 87.9 Å². The maximum Gasteiger partial charge on any atom is 0.167 e. The summed E-state index contributed by atoms with van der Waals surface area (Å²) in [6, 6.07) is 17.5. The minimum atomic E-state index is -0.448. The van der Waals surface area contributed by atoms with Crippen LogP contribution in [0.2, 0.25) is 0 Å². The summed E-state index contributed by atoms with van der Waals surface area (Å²) >= 11 is 8.18. The number of carbonyl (C=O) groups excluding carboxylic acids is 1. The Hall–Kier alpha value is -0.906. The second-order valence-electron chi connectivity index (χ2n) is 7.98. The molecule has 0 saturated heterocycles. The topological polar surface area (TPSA) is 50.2 Å². The molecule has 2 unspecified atom stereocenters. The number of aromatic nitrogens is 1. The Morgan fingerprint density at radius 1 is 1.16 bits per heavy atom. The molecule has 1 aromatic heterocycles. The van der Waals surface area contributed by atoms with Gasteiger partial charge in [-0.25, -0.2) is 0 Å². The Labute approximate surface area is 218 Å². The number of Topliss-reactive ketones (excluding diaryl/α,β-unsaturated/α-hetero) is 1. The Morgan fingerprint density at radius 3 is 2.58 bits per heavy atom. The monoisotopic (exact) mass is 527 g/mol. The number of hydrogen-bond acceptors (Lipinski definition) is 4. The molecule has 0 bridgehead atoms. The number of nitrogens with zero attached hydrogens (tertiary/aromatic N) is 1. The molecule has 1 aliphatic carbocycles. The van der Waals surface area contributed by atoms with Crippen molar-refractivity contribution in [1.29, 1.82) is 0 Å². The summed E-state index contributed by atoms with van der Waals surface area (Å²) in [6.07, 6.45) is 5.13. The fraction of sp³-hybridized carbons (Fsp3) is 0.360. The molecule has 0 amide bonds. The minimum Gasteiger partial charge on any atom is -0.392 e. The number of benzene rings is 2. The van der Waals surface area contributed by atoms with E-state index < -0.39 is 6.10 Å². The molecule has 4 atom stereocenters. The number of thiazole rings is 1. The molecule has 1 heterocycles. The fourth-order valence-corrected chi connectivity index (χ4v) is 5.55. The SMILES string of the molecule is O=C(Cc1ccccc1)c1ccc(C2C(CCCc3nc[c-]s3)[C@H](Cl)C[C@H]2O)cc1.[Y]. The molecule has 1 N–H and O–H groups in total. The van der Waals surface area contributed by atoms with Gasteiger partial charge in [-0.05, 0) is 29.9 Å². The van der Waals surface area contributed by atoms with E-state index in [0.29, 0.717) is 18.4 Å². The Morgan fingerprint density at radius 2 is 1.90 bits per heavy atom. The third-order valence-electron chi connectivity index (χ3n) is 6.00. The zero-order valence-electron chi connectivity index (χ0n) is 17.3. The molecule has 1 aliphatic rings. The predicted octanol–water partition coefficient (Wildman–Crippen LogP) is 5.46. The molecule has 0 aliphatic heterocycles. The molecule has 3 aromatic rings. The molecule has 1 radical (unpaired) electrons. The number of rotatable bonds is 8. The van der Waals surface area contributed by atoms with Gasteiger partial charge in [0, 0.05) is 56.0 Å². The first-order valence-corrected chi connectivity index (χ1v) is 11.7. The molecule has 4 rings (SSSR count). The zero-order chi connectivity index (χ0) is 20.9. The zero-order valence-corrected chi connectivity index (χ0v) is 21.7. The van der Waals surface area contributed by atoms with Crippen LogP contribution < -0.4 is 0 Å². The number of carbonyl (C=O) groups is 1. The fourth-order valence-electron chi connectivity index (χ4n) is 4.49. The van der Waals surface area contributed by atoms with Crippen LogP contribution in [0, 0.1) is 11.3 Å². The average molecular weight is 528 g/mol. The summed E-state index contributed by atoms with van der Waals surface area (Å²) in [5, 5.41) is 14.8. The van der Waals surface area contributed by atoms with Gasteiger partial charge in [0.05, 0.1) is 6.10 Å². The first-order valence-electron chi connectivity index (χ1n) is 10.4. The van der Waals surface area contributed by atoms with E-state index in [1.807, 2.05) is 54.6 Å². The number of alkyl halides is 1. The number of ketones is 1. The first kappa shape index (κ1) is 24.7. The van der Waals surface area contributed by atoms with Gasteiger partial charge in [0.2, 0.25) is 0 Å². The number of hydrogen-bond donors (Lipinski definition) is 1. The van der Waals surface area contributed by atoms with Crippen molar-refractivity contribution in [1.82, 2.24) is 4.98 Å².